The largest absolute Gasteiger partial charge is 0.414 e. The lowest BCUT2D eigenvalue weighted by Gasteiger charge is -2.18. The fourth-order valence-corrected chi connectivity index (χ4v) is 2.13. The molecular weight excluding hydrogens is 307 g/mol. The van der Waals surface area contributed by atoms with Crippen LogP contribution in [0.5, 0.6) is 0 Å². The Hall–Kier alpha value is 0.864. The van der Waals surface area contributed by atoms with Gasteiger partial charge in [-0.1, -0.05) is 48.3 Å². The van der Waals surface area contributed by atoms with Gasteiger partial charge in [0.15, 0.2) is 8.32 Å². The summed E-state index contributed by atoms with van der Waals surface area (Å²) in [6, 6.07) is 0. The van der Waals surface area contributed by atoms with Crippen LogP contribution >= 0.6 is 22.6 Å². The van der Waals surface area contributed by atoms with Gasteiger partial charge in [-0.25, -0.2) is 0 Å². The van der Waals surface area contributed by atoms with Gasteiger partial charge in [0.1, 0.15) is 0 Å². The first-order valence-electron chi connectivity index (χ1n) is 4.63. The van der Waals surface area contributed by atoms with E-state index >= 15 is 0 Å². The standard InChI is InChI=1S/C9H21IOSi2/c1-12(2,3)9(10)7-8-11-13(4,5)6/h7H,8H2,1-6H3. The molecule has 0 saturated carbocycles. The van der Waals surface area contributed by atoms with Crippen molar-refractivity contribution >= 4 is 39.0 Å². The van der Waals surface area contributed by atoms with Crippen molar-refractivity contribution in [3.63, 3.8) is 0 Å². The summed E-state index contributed by atoms with van der Waals surface area (Å²) in [6.07, 6.45) is 2.25. The van der Waals surface area contributed by atoms with Crippen molar-refractivity contribution < 1.29 is 4.43 Å². The van der Waals surface area contributed by atoms with Gasteiger partial charge in [-0.3, -0.25) is 0 Å². The summed E-state index contributed by atoms with van der Waals surface area (Å²) < 4.78 is 7.29. The molecule has 0 saturated heterocycles. The Morgan fingerprint density at radius 3 is 1.92 bits per heavy atom. The summed E-state index contributed by atoms with van der Waals surface area (Å²) in [6.45, 7) is 14.6. The third-order valence-electron chi connectivity index (χ3n) is 1.50. The lowest BCUT2D eigenvalue weighted by molar-refractivity contribution is 0.357. The highest BCUT2D eigenvalue weighted by atomic mass is 127. The Morgan fingerprint density at radius 1 is 1.15 bits per heavy atom. The average molecular weight is 328 g/mol. The van der Waals surface area contributed by atoms with Gasteiger partial charge in [0.25, 0.3) is 0 Å². The van der Waals surface area contributed by atoms with Crippen molar-refractivity contribution in [2.45, 2.75) is 39.3 Å². The Balaban J connectivity index is 4.00. The predicted molar refractivity (Wildman–Crippen MR) is 74.7 cm³/mol. The van der Waals surface area contributed by atoms with Gasteiger partial charge in [0, 0.05) is 0 Å². The summed E-state index contributed by atoms with van der Waals surface area (Å²) in [5.41, 5.74) is 0. The van der Waals surface area contributed by atoms with Crippen LogP contribution in [-0.2, 0) is 4.43 Å². The molecule has 0 aromatic carbocycles. The van der Waals surface area contributed by atoms with E-state index in [0.29, 0.717) is 0 Å². The zero-order valence-corrected chi connectivity index (χ0v) is 13.7. The number of hydrogen-bond acceptors (Lipinski definition) is 1. The zero-order chi connectivity index (χ0) is 10.7. The van der Waals surface area contributed by atoms with E-state index in [0.717, 1.165) is 6.61 Å². The lowest BCUT2D eigenvalue weighted by Crippen LogP contribution is -2.26. The molecule has 0 aromatic heterocycles. The maximum Gasteiger partial charge on any atom is 0.184 e. The molecule has 0 aromatic rings. The number of halogens is 1. The van der Waals surface area contributed by atoms with E-state index in [1.807, 2.05) is 0 Å². The maximum atomic E-state index is 5.78. The summed E-state index contributed by atoms with van der Waals surface area (Å²) in [5.74, 6) is 0. The normalized spacial score (nSPS) is 14.8. The number of rotatable bonds is 4. The summed E-state index contributed by atoms with van der Waals surface area (Å²) in [4.78, 5) is 0. The molecule has 0 N–H and O–H groups in total. The minimum atomic E-state index is -1.32. The van der Waals surface area contributed by atoms with Crippen molar-refractivity contribution in [2.24, 2.45) is 0 Å². The van der Waals surface area contributed by atoms with Crippen LogP contribution in [-0.4, -0.2) is 23.0 Å². The van der Waals surface area contributed by atoms with E-state index in [4.69, 9.17) is 4.43 Å². The molecule has 0 spiro atoms. The molecule has 78 valence electrons. The van der Waals surface area contributed by atoms with Crippen LogP contribution in [0.1, 0.15) is 0 Å². The van der Waals surface area contributed by atoms with E-state index in [2.05, 4.69) is 67.9 Å². The molecule has 0 amide bonds. The molecule has 0 heterocycles. The van der Waals surface area contributed by atoms with E-state index < -0.39 is 16.4 Å². The van der Waals surface area contributed by atoms with Gasteiger partial charge < -0.3 is 4.43 Å². The first kappa shape index (κ1) is 13.9. The molecule has 13 heavy (non-hydrogen) atoms. The Morgan fingerprint density at radius 2 is 1.62 bits per heavy atom. The Bertz CT molecular complexity index is 189. The Labute approximate surface area is 98.2 Å². The van der Waals surface area contributed by atoms with Gasteiger partial charge in [-0.15, -0.1) is 0 Å². The first-order valence-corrected chi connectivity index (χ1v) is 12.6. The second-order valence-electron chi connectivity index (χ2n) is 5.23. The van der Waals surface area contributed by atoms with Crippen molar-refractivity contribution in [2.75, 3.05) is 6.61 Å². The highest BCUT2D eigenvalue weighted by Crippen LogP contribution is 2.21. The van der Waals surface area contributed by atoms with Crippen LogP contribution in [0.25, 0.3) is 0 Å². The average Bonchev–Trinajstić information content (AvgIpc) is 1.82. The number of hydrogen-bond donors (Lipinski definition) is 0. The molecule has 0 aliphatic heterocycles. The maximum absolute atomic E-state index is 5.78. The molecule has 4 heteroatoms. The third-order valence-corrected chi connectivity index (χ3v) is 9.46. The van der Waals surface area contributed by atoms with Crippen molar-refractivity contribution in [3.8, 4) is 0 Å². The minimum Gasteiger partial charge on any atom is -0.414 e. The predicted octanol–water partition coefficient (Wildman–Crippen LogP) is 4.03. The summed E-state index contributed by atoms with van der Waals surface area (Å²) >= 11 is 2.46. The van der Waals surface area contributed by atoms with E-state index in [-0.39, 0.29) is 0 Å². The fourth-order valence-electron chi connectivity index (χ4n) is 0.671. The van der Waals surface area contributed by atoms with Gasteiger partial charge in [0.2, 0.25) is 0 Å². The summed E-state index contributed by atoms with van der Waals surface area (Å²) in [7, 11) is -2.39. The van der Waals surface area contributed by atoms with Crippen LogP contribution in [0.4, 0.5) is 0 Å². The SMILES string of the molecule is C[Si](C)(C)OCC=C(I)[Si](C)(C)C. The van der Waals surface area contributed by atoms with Crippen LogP contribution in [0, 0.1) is 0 Å². The molecule has 1 nitrogen and oxygen atoms in total. The molecular formula is C9H21IOSi2. The van der Waals surface area contributed by atoms with Crippen molar-refractivity contribution in [1.82, 2.24) is 0 Å². The van der Waals surface area contributed by atoms with E-state index in [9.17, 15) is 0 Å². The quantitative estimate of drug-likeness (QED) is 0.559. The first-order chi connectivity index (χ1) is 5.63. The molecule has 0 atom stereocenters. The van der Waals surface area contributed by atoms with Crippen LogP contribution < -0.4 is 0 Å². The monoisotopic (exact) mass is 328 g/mol. The van der Waals surface area contributed by atoms with E-state index in [1.165, 1.54) is 3.20 Å². The second-order valence-corrected chi connectivity index (χ2v) is 17.0. The highest BCUT2D eigenvalue weighted by molar-refractivity contribution is 14.1. The van der Waals surface area contributed by atoms with Gasteiger partial charge in [-0.2, -0.15) is 0 Å². The molecule has 0 unspecified atom stereocenters. The molecule has 0 aliphatic rings. The van der Waals surface area contributed by atoms with Crippen LogP contribution in [0.2, 0.25) is 39.3 Å². The highest BCUT2D eigenvalue weighted by Gasteiger charge is 2.17. The lowest BCUT2D eigenvalue weighted by atomic mass is 10.7. The molecule has 0 aliphatic carbocycles. The topological polar surface area (TPSA) is 9.23 Å². The molecule has 0 radical (unpaired) electrons. The molecule has 0 rings (SSSR count). The van der Waals surface area contributed by atoms with Gasteiger partial charge in [0.05, 0.1) is 14.7 Å². The van der Waals surface area contributed by atoms with Gasteiger partial charge in [-0.05, 0) is 22.8 Å². The Kier molecular flexibility index (Phi) is 5.43. The van der Waals surface area contributed by atoms with Gasteiger partial charge >= 0.3 is 0 Å². The second kappa shape index (κ2) is 5.09. The molecule has 0 bridgehead atoms. The van der Waals surface area contributed by atoms with Crippen LogP contribution in [0.15, 0.2) is 9.28 Å². The van der Waals surface area contributed by atoms with Crippen molar-refractivity contribution in [1.29, 1.82) is 0 Å². The zero-order valence-electron chi connectivity index (χ0n) is 9.57. The third kappa shape index (κ3) is 7.90. The van der Waals surface area contributed by atoms with Crippen molar-refractivity contribution in [3.05, 3.63) is 9.28 Å². The smallest absolute Gasteiger partial charge is 0.184 e. The minimum absolute atomic E-state index is 0.804. The summed E-state index contributed by atoms with van der Waals surface area (Å²) in [5, 5.41) is 0. The van der Waals surface area contributed by atoms with E-state index in [1.54, 1.807) is 0 Å². The van der Waals surface area contributed by atoms with Crippen LogP contribution in [0.3, 0.4) is 0 Å². The molecule has 0 fully saturated rings. The fraction of sp³-hybridized carbons (Fsp3) is 0.778.